The molecule has 0 spiro atoms. The van der Waals surface area contributed by atoms with Crippen LogP contribution in [0.2, 0.25) is 0 Å². The fourth-order valence-corrected chi connectivity index (χ4v) is 1.25. The normalized spacial score (nSPS) is 14.4. The maximum Gasteiger partial charge on any atom is 0.0622 e. The summed E-state index contributed by atoms with van der Waals surface area (Å²) in [6.07, 6.45) is 4.51. The van der Waals surface area contributed by atoms with Gasteiger partial charge in [0.25, 0.3) is 0 Å². The van der Waals surface area contributed by atoms with Crippen LogP contribution < -0.4 is 0 Å². The Balaban J connectivity index is 2.48. The van der Waals surface area contributed by atoms with Gasteiger partial charge in [-0.05, 0) is 17.4 Å². The van der Waals surface area contributed by atoms with Crippen molar-refractivity contribution in [2.75, 3.05) is 0 Å². The van der Waals surface area contributed by atoms with E-state index in [-0.39, 0.29) is 11.5 Å². The van der Waals surface area contributed by atoms with Gasteiger partial charge in [0.15, 0.2) is 0 Å². The maximum absolute atomic E-state index is 9.81. The largest absolute Gasteiger partial charge is 0.392 e. The van der Waals surface area contributed by atoms with Crippen molar-refractivity contribution in [2.24, 2.45) is 5.41 Å². The van der Waals surface area contributed by atoms with Gasteiger partial charge in [-0.25, -0.2) is 0 Å². The molecule has 1 nitrogen and oxygen atoms in total. The van der Waals surface area contributed by atoms with E-state index >= 15 is 0 Å². The Hall–Kier alpha value is -1.08. The molecule has 0 saturated carbocycles. The summed E-state index contributed by atoms with van der Waals surface area (Å²) in [5.41, 5.74) is 1.14. The van der Waals surface area contributed by atoms with E-state index < -0.39 is 0 Å². The molecule has 0 radical (unpaired) electrons. The lowest BCUT2D eigenvalue weighted by atomic mass is 9.87. The molecule has 0 amide bonds. The third-order valence-corrected chi connectivity index (χ3v) is 2.47. The van der Waals surface area contributed by atoms with Crippen molar-refractivity contribution in [1.29, 1.82) is 0 Å². The molecule has 15 heavy (non-hydrogen) atoms. The molecule has 0 aliphatic carbocycles. The van der Waals surface area contributed by atoms with E-state index in [0.29, 0.717) is 6.42 Å². The molecule has 1 atom stereocenters. The molecule has 0 aliphatic rings. The highest BCUT2D eigenvalue weighted by atomic mass is 16.3. The summed E-state index contributed by atoms with van der Waals surface area (Å²) in [4.78, 5) is 0. The van der Waals surface area contributed by atoms with Gasteiger partial charge in [-0.1, -0.05) is 63.3 Å². The molecule has 0 aromatic heterocycles. The van der Waals surface area contributed by atoms with E-state index in [0.717, 1.165) is 0 Å². The zero-order valence-corrected chi connectivity index (χ0v) is 9.77. The second-order valence-corrected chi connectivity index (χ2v) is 4.93. The highest BCUT2D eigenvalue weighted by Gasteiger charge is 2.20. The first-order chi connectivity index (χ1) is 7.00. The first-order valence-electron chi connectivity index (χ1n) is 5.40. The highest BCUT2D eigenvalue weighted by Crippen LogP contribution is 2.22. The lowest BCUT2D eigenvalue weighted by molar-refractivity contribution is 0.0661. The zero-order valence-electron chi connectivity index (χ0n) is 9.77. The fraction of sp³-hybridized carbons (Fsp3) is 0.429. The second-order valence-electron chi connectivity index (χ2n) is 4.93. The standard InChI is InChI=1S/C14H20O/c1-14(2,3)13(15)11-7-10-12-8-5-4-6-9-12/h4-10,13,15H,11H2,1-3H3/t13-/m1/s1. The molecule has 0 bridgehead atoms. The molecule has 1 aromatic carbocycles. The van der Waals surface area contributed by atoms with Gasteiger partial charge >= 0.3 is 0 Å². The minimum atomic E-state index is -0.280. The Morgan fingerprint density at radius 2 is 1.80 bits per heavy atom. The van der Waals surface area contributed by atoms with Crippen molar-refractivity contribution >= 4 is 6.08 Å². The molecule has 0 heterocycles. The van der Waals surface area contributed by atoms with Gasteiger partial charge in [-0.3, -0.25) is 0 Å². The third-order valence-electron chi connectivity index (χ3n) is 2.47. The minimum Gasteiger partial charge on any atom is -0.392 e. The molecule has 0 aliphatic heterocycles. The van der Waals surface area contributed by atoms with Crippen LogP contribution >= 0.6 is 0 Å². The van der Waals surface area contributed by atoms with Crippen LogP contribution in [0.4, 0.5) is 0 Å². The van der Waals surface area contributed by atoms with Crippen LogP contribution in [0.5, 0.6) is 0 Å². The first kappa shape index (κ1) is 12.0. The zero-order chi connectivity index (χ0) is 11.3. The van der Waals surface area contributed by atoms with Crippen LogP contribution in [0.1, 0.15) is 32.8 Å². The van der Waals surface area contributed by atoms with E-state index in [4.69, 9.17) is 0 Å². The quantitative estimate of drug-likeness (QED) is 0.799. The molecule has 1 aromatic rings. The number of benzene rings is 1. The number of hydrogen-bond acceptors (Lipinski definition) is 1. The summed E-state index contributed by atoms with van der Waals surface area (Å²) in [5, 5.41) is 9.81. The van der Waals surface area contributed by atoms with Gasteiger partial charge in [0.1, 0.15) is 0 Å². The summed E-state index contributed by atoms with van der Waals surface area (Å²) in [7, 11) is 0. The summed E-state index contributed by atoms with van der Waals surface area (Å²) < 4.78 is 0. The van der Waals surface area contributed by atoms with Crippen LogP contribution in [-0.4, -0.2) is 11.2 Å². The summed E-state index contributed by atoms with van der Waals surface area (Å²) in [6, 6.07) is 10.1. The van der Waals surface area contributed by atoms with Gasteiger partial charge in [0, 0.05) is 0 Å². The molecule has 1 heteroatoms. The molecule has 82 valence electrons. The van der Waals surface area contributed by atoms with Crippen molar-refractivity contribution in [1.82, 2.24) is 0 Å². The monoisotopic (exact) mass is 204 g/mol. The van der Waals surface area contributed by atoms with Crippen LogP contribution in [-0.2, 0) is 0 Å². The van der Waals surface area contributed by atoms with Crippen LogP contribution in [0.15, 0.2) is 36.4 Å². The predicted molar refractivity (Wildman–Crippen MR) is 65.6 cm³/mol. The average molecular weight is 204 g/mol. The number of aliphatic hydroxyl groups excluding tert-OH is 1. The molecule has 1 N–H and O–H groups in total. The maximum atomic E-state index is 9.81. The average Bonchev–Trinajstić information content (AvgIpc) is 2.18. The molecular weight excluding hydrogens is 184 g/mol. The summed E-state index contributed by atoms with van der Waals surface area (Å²) >= 11 is 0. The first-order valence-corrected chi connectivity index (χ1v) is 5.40. The number of aliphatic hydroxyl groups is 1. The molecule has 1 rings (SSSR count). The number of hydrogen-bond donors (Lipinski definition) is 1. The lowest BCUT2D eigenvalue weighted by Gasteiger charge is -2.24. The predicted octanol–water partition coefficient (Wildman–Crippen LogP) is 3.50. The molecule has 0 fully saturated rings. The van der Waals surface area contributed by atoms with Crippen molar-refractivity contribution in [2.45, 2.75) is 33.3 Å². The Kier molecular flexibility index (Phi) is 4.10. The van der Waals surface area contributed by atoms with E-state index in [9.17, 15) is 5.11 Å². The van der Waals surface area contributed by atoms with E-state index in [1.54, 1.807) is 0 Å². The lowest BCUT2D eigenvalue weighted by Crippen LogP contribution is -2.24. The van der Waals surface area contributed by atoms with E-state index in [1.807, 2.05) is 45.0 Å². The van der Waals surface area contributed by atoms with Crippen LogP contribution in [0.3, 0.4) is 0 Å². The van der Waals surface area contributed by atoms with Gasteiger partial charge in [-0.2, -0.15) is 0 Å². The second kappa shape index (κ2) is 5.13. The minimum absolute atomic E-state index is 0.0406. The Bertz CT molecular complexity index is 306. The van der Waals surface area contributed by atoms with Gasteiger partial charge in [0.05, 0.1) is 6.10 Å². The van der Waals surface area contributed by atoms with Crippen molar-refractivity contribution in [3.63, 3.8) is 0 Å². The topological polar surface area (TPSA) is 20.2 Å². The summed E-state index contributed by atoms with van der Waals surface area (Å²) in [5.74, 6) is 0. The Morgan fingerprint density at radius 1 is 1.20 bits per heavy atom. The summed E-state index contributed by atoms with van der Waals surface area (Å²) in [6.45, 7) is 6.15. The van der Waals surface area contributed by atoms with E-state index in [2.05, 4.69) is 18.2 Å². The molecule has 0 saturated heterocycles. The highest BCUT2D eigenvalue weighted by molar-refractivity contribution is 5.48. The van der Waals surface area contributed by atoms with E-state index in [1.165, 1.54) is 5.56 Å². The van der Waals surface area contributed by atoms with Gasteiger partial charge < -0.3 is 5.11 Å². The fourth-order valence-electron chi connectivity index (χ4n) is 1.25. The molecule has 0 unspecified atom stereocenters. The van der Waals surface area contributed by atoms with Crippen LogP contribution in [0, 0.1) is 5.41 Å². The van der Waals surface area contributed by atoms with Gasteiger partial charge in [0.2, 0.25) is 0 Å². The Morgan fingerprint density at radius 3 is 2.33 bits per heavy atom. The smallest absolute Gasteiger partial charge is 0.0622 e. The SMILES string of the molecule is CC(C)(C)[C@H](O)CC=Cc1ccccc1. The van der Waals surface area contributed by atoms with Crippen molar-refractivity contribution in [3.05, 3.63) is 42.0 Å². The van der Waals surface area contributed by atoms with Gasteiger partial charge in [-0.15, -0.1) is 0 Å². The molecular formula is C14H20O. The third kappa shape index (κ3) is 4.30. The van der Waals surface area contributed by atoms with Crippen LogP contribution in [0.25, 0.3) is 6.08 Å². The van der Waals surface area contributed by atoms with Crippen molar-refractivity contribution < 1.29 is 5.11 Å². The number of rotatable bonds is 3. The Labute approximate surface area is 92.5 Å². The van der Waals surface area contributed by atoms with Crippen molar-refractivity contribution in [3.8, 4) is 0 Å².